The Bertz CT molecular complexity index is 901. The van der Waals surface area contributed by atoms with Crippen molar-refractivity contribution in [1.82, 2.24) is 15.5 Å². The first-order valence-electron chi connectivity index (χ1n) is 11.0. The van der Waals surface area contributed by atoms with Gasteiger partial charge in [0.15, 0.2) is 0 Å². The fraction of sp³-hybridized carbons (Fsp3) is 0.440. The zero-order valence-corrected chi connectivity index (χ0v) is 18.5. The van der Waals surface area contributed by atoms with Crippen LogP contribution in [0, 0.1) is 18.7 Å². The molecule has 2 aromatic carbocycles. The smallest absolute Gasteiger partial charge is 0.317 e. The van der Waals surface area contributed by atoms with E-state index in [1.54, 1.807) is 17.9 Å². The quantitative estimate of drug-likeness (QED) is 0.734. The van der Waals surface area contributed by atoms with Crippen LogP contribution in [0.2, 0.25) is 0 Å². The van der Waals surface area contributed by atoms with E-state index >= 15 is 0 Å². The zero-order valence-electron chi connectivity index (χ0n) is 18.5. The standard InChI is InChI=1S/C25H32FN3O2/c1-17(2)28-25(31)29-15-21(20-9-10-23(26)18(3)13-20)14-22(16-29)24(30)27-12-11-19-7-5-4-6-8-19/h4-10,13,17,21-22H,11-12,14-16H2,1-3H3,(H,27,30)(H,28,31)/t21-,22+/m0/s1. The van der Waals surface area contributed by atoms with Crippen LogP contribution in [-0.4, -0.2) is 42.5 Å². The second-order valence-corrected chi connectivity index (χ2v) is 8.67. The summed E-state index contributed by atoms with van der Waals surface area (Å²) in [7, 11) is 0. The summed E-state index contributed by atoms with van der Waals surface area (Å²) in [5, 5.41) is 5.96. The van der Waals surface area contributed by atoms with Gasteiger partial charge in [-0.25, -0.2) is 9.18 Å². The fourth-order valence-electron chi connectivity index (χ4n) is 4.08. The summed E-state index contributed by atoms with van der Waals surface area (Å²) >= 11 is 0. The summed E-state index contributed by atoms with van der Waals surface area (Å²) in [5.74, 6) is -0.611. The molecule has 31 heavy (non-hydrogen) atoms. The number of carbonyl (C=O) groups is 2. The zero-order chi connectivity index (χ0) is 22.4. The monoisotopic (exact) mass is 425 g/mol. The fourth-order valence-corrected chi connectivity index (χ4v) is 4.08. The van der Waals surface area contributed by atoms with Crippen molar-refractivity contribution in [2.75, 3.05) is 19.6 Å². The largest absolute Gasteiger partial charge is 0.355 e. The molecule has 0 spiro atoms. The van der Waals surface area contributed by atoms with E-state index in [2.05, 4.69) is 10.6 Å². The molecule has 1 saturated heterocycles. The molecule has 0 saturated carbocycles. The SMILES string of the molecule is Cc1cc([C@H]2C[C@@H](C(=O)NCCc3ccccc3)CN(C(=O)NC(C)C)C2)ccc1F. The number of amides is 3. The van der Waals surface area contributed by atoms with Crippen LogP contribution in [-0.2, 0) is 11.2 Å². The number of hydrogen-bond acceptors (Lipinski definition) is 2. The van der Waals surface area contributed by atoms with Crippen LogP contribution in [0.25, 0.3) is 0 Å². The Morgan fingerprint density at radius 2 is 1.87 bits per heavy atom. The van der Waals surface area contributed by atoms with E-state index in [0.29, 0.717) is 31.6 Å². The van der Waals surface area contributed by atoms with E-state index in [4.69, 9.17) is 0 Å². The van der Waals surface area contributed by atoms with E-state index in [0.717, 1.165) is 12.0 Å². The van der Waals surface area contributed by atoms with Gasteiger partial charge in [-0.3, -0.25) is 4.79 Å². The number of halogens is 1. The third-order valence-corrected chi connectivity index (χ3v) is 5.73. The first kappa shape index (κ1) is 22.8. The van der Waals surface area contributed by atoms with Crippen LogP contribution in [0.1, 0.15) is 42.9 Å². The summed E-state index contributed by atoms with van der Waals surface area (Å²) < 4.78 is 13.8. The highest BCUT2D eigenvalue weighted by atomic mass is 19.1. The topological polar surface area (TPSA) is 61.4 Å². The number of benzene rings is 2. The molecule has 0 aliphatic carbocycles. The van der Waals surface area contributed by atoms with Gasteiger partial charge in [-0.05, 0) is 56.4 Å². The van der Waals surface area contributed by atoms with Gasteiger partial charge in [0.05, 0.1) is 5.92 Å². The number of aryl methyl sites for hydroxylation is 1. The Labute approximate surface area is 184 Å². The van der Waals surface area contributed by atoms with Gasteiger partial charge in [0.1, 0.15) is 5.82 Å². The highest BCUT2D eigenvalue weighted by Crippen LogP contribution is 2.31. The number of piperidine rings is 1. The first-order chi connectivity index (χ1) is 14.8. The van der Waals surface area contributed by atoms with Gasteiger partial charge in [-0.1, -0.05) is 42.5 Å². The van der Waals surface area contributed by atoms with Gasteiger partial charge < -0.3 is 15.5 Å². The van der Waals surface area contributed by atoms with Gasteiger partial charge in [0.25, 0.3) is 0 Å². The number of hydrogen-bond donors (Lipinski definition) is 2. The minimum absolute atomic E-state index is 0.0130. The van der Waals surface area contributed by atoms with Crippen LogP contribution in [0.5, 0.6) is 0 Å². The average Bonchev–Trinajstić information content (AvgIpc) is 2.75. The predicted molar refractivity (Wildman–Crippen MR) is 120 cm³/mol. The van der Waals surface area contributed by atoms with Gasteiger partial charge >= 0.3 is 6.03 Å². The molecule has 1 fully saturated rings. The van der Waals surface area contributed by atoms with Crippen LogP contribution in [0.3, 0.4) is 0 Å². The Hall–Kier alpha value is -2.89. The molecule has 6 heteroatoms. The molecule has 0 aromatic heterocycles. The third kappa shape index (κ3) is 6.29. The van der Waals surface area contributed by atoms with E-state index in [9.17, 15) is 14.0 Å². The number of rotatable bonds is 6. The Morgan fingerprint density at radius 3 is 2.55 bits per heavy atom. The number of likely N-dealkylation sites (tertiary alicyclic amines) is 1. The van der Waals surface area contributed by atoms with Crippen molar-refractivity contribution in [3.8, 4) is 0 Å². The van der Waals surface area contributed by atoms with Crippen LogP contribution < -0.4 is 10.6 Å². The van der Waals surface area contributed by atoms with Gasteiger partial charge in [-0.2, -0.15) is 0 Å². The van der Waals surface area contributed by atoms with E-state index < -0.39 is 0 Å². The summed E-state index contributed by atoms with van der Waals surface area (Å²) in [4.78, 5) is 27.4. The minimum atomic E-state index is -0.308. The molecule has 0 bridgehead atoms. The maximum absolute atomic E-state index is 13.8. The predicted octanol–water partition coefficient (Wildman–Crippen LogP) is 4.02. The van der Waals surface area contributed by atoms with Crippen molar-refractivity contribution >= 4 is 11.9 Å². The lowest BCUT2D eigenvalue weighted by Gasteiger charge is -2.38. The molecule has 2 N–H and O–H groups in total. The Balaban J connectivity index is 1.70. The van der Waals surface area contributed by atoms with Crippen LogP contribution in [0.15, 0.2) is 48.5 Å². The van der Waals surface area contributed by atoms with Gasteiger partial charge in [0, 0.05) is 31.6 Å². The van der Waals surface area contributed by atoms with Crippen molar-refractivity contribution in [3.05, 3.63) is 71.0 Å². The first-order valence-corrected chi connectivity index (χ1v) is 11.0. The molecular weight excluding hydrogens is 393 g/mol. The summed E-state index contributed by atoms with van der Waals surface area (Å²) in [6.45, 7) is 7.01. The maximum Gasteiger partial charge on any atom is 0.317 e. The van der Waals surface area contributed by atoms with Crippen molar-refractivity contribution < 1.29 is 14.0 Å². The highest BCUT2D eigenvalue weighted by molar-refractivity contribution is 5.81. The molecule has 0 unspecified atom stereocenters. The molecule has 2 atom stereocenters. The molecule has 5 nitrogen and oxygen atoms in total. The van der Waals surface area contributed by atoms with Crippen LogP contribution >= 0.6 is 0 Å². The lowest BCUT2D eigenvalue weighted by atomic mass is 9.83. The molecule has 1 aliphatic rings. The highest BCUT2D eigenvalue weighted by Gasteiger charge is 2.34. The Kier molecular flexibility index (Phi) is 7.66. The van der Waals surface area contributed by atoms with Crippen molar-refractivity contribution in [3.63, 3.8) is 0 Å². The molecule has 3 amide bonds. The second kappa shape index (κ2) is 10.4. The molecule has 1 aliphatic heterocycles. The number of nitrogens with one attached hydrogen (secondary N) is 2. The lowest BCUT2D eigenvalue weighted by Crippen LogP contribution is -2.52. The normalized spacial score (nSPS) is 18.7. The van der Waals surface area contributed by atoms with E-state index in [1.165, 1.54) is 11.6 Å². The van der Waals surface area contributed by atoms with Crippen molar-refractivity contribution in [2.24, 2.45) is 5.92 Å². The van der Waals surface area contributed by atoms with Gasteiger partial charge in [0.2, 0.25) is 5.91 Å². The molecule has 1 heterocycles. The summed E-state index contributed by atoms with van der Waals surface area (Å²) in [5.41, 5.74) is 2.71. The Morgan fingerprint density at radius 1 is 1.13 bits per heavy atom. The minimum Gasteiger partial charge on any atom is -0.355 e. The van der Waals surface area contributed by atoms with Crippen LogP contribution in [0.4, 0.5) is 9.18 Å². The average molecular weight is 426 g/mol. The van der Waals surface area contributed by atoms with E-state index in [-0.39, 0.29) is 35.6 Å². The number of carbonyl (C=O) groups excluding carboxylic acids is 2. The number of urea groups is 1. The van der Waals surface area contributed by atoms with Crippen molar-refractivity contribution in [1.29, 1.82) is 0 Å². The van der Waals surface area contributed by atoms with E-state index in [1.807, 2.05) is 50.2 Å². The molecule has 3 rings (SSSR count). The molecular formula is C25H32FN3O2. The molecule has 2 aromatic rings. The summed E-state index contributed by atoms with van der Waals surface area (Å²) in [6.07, 6.45) is 1.39. The third-order valence-electron chi connectivity index (χ3n) is 5.73. The molecule has 166 valence electrons. The maximum atomic E-state index is 13.8. The lowest BCUT2D eigenvalue weighted by molar-refractivity contribution is -0.126. The second-order valence-electron chi connectivity index (χ2n) is 8.67. The summed E-state index contributed by atoms with van der Waals surface area (Å²) in [6, 6.07) is 14.9. The van der Waals surface area contributed by atoms with Gasteiger partial charge in [-0.15, -0.1) is 0 Å². The number of nitrogens with zero attached hydrogens (tertiary/aromatic N) is 1. The van der Waals surface area contributed by atoms with Crippen molar-refractivity contribution in [2.45, 2.75) is 45.6 Å². The molecule has 0 radical (unpaired) electrons.